The number of ether oxygens (including phenoxy) is 2. The highest BCUT2D eigenvalue weighted by Gasteiger charge is 2.16. The van der Waals surface area contributed by atoms with Gasteiger partial charge >= 0.3 is 0 Å². The summed E-state index contributed by atoms with van der Waals surface area (Å²) in [5, 5.41) is 0. The topological polar surface area (TPSA) is 38.8 Å². The summed E-state index contributed by atoms with van der Waals surface area (Å²) in [6, 6.07) is 13.2. The predicted octanol–water partition coefficient (Wildman–Crippen LogP) is 3.58. The van der Waals surface area contributed by atoms with E-state index in [0.29, 0.717) is 23.6 Å². The first-order chi connectivity index (χ1) is 10.6. The maximum Gasteiger partial charge on any atom is 0.253 e. The third-order valence-electron chi connectivity index (χ3n) is 3.31. The maximum absolute atomic E-state index is 12.5. The van der Waals surface area contributed by atoms with Gasteiger partial charge in [0.15, 0.2) is 11.5 Å². The summed E-state index contributed by atoms with van der Waals surface area (Å²) in [6.45, 7) is 0.449. The maximum atomic E-state index is 12.5. The van der Waals surface area contributed by atoms with Gasteiger partial charge in [-0.2, -0.15) is 0 Å². The summed E-state index contributed by atoms with van der Waals surface area (Å²) in [5.74, 6) is 1.30. The van der Waals surface area contributed by atoms with Crippen molar-refractivity contribution < 1.29 is 14.3 Å². The van der Waals surface area contributed by atoms with E-state index in [9.17, 15) is 4.79 Å². The Morgan fingerprint density at radius 2 is 1.86 bits per heavy atom. The lowest BCUT2D eigenvalue weighted by molar-refractivity contribution is 0.0784. The zero-order valence-electron chi connectivity index (χ0n) is 12.8. The van der Waals surface area contributed by atoms with Crippen molar-refractivity contribution in [1.29, 1.82) is 0 Å². The molecule has 4 nitrogen and oxygen atoms in total. The molecule has 0 saturated carbocycles. The summed E-state index contributed by atoms with van der Waals surface area (Å²) >= 11 is 2.20. The molecule has 0 saturated heterocycles. The lowest BCUT2D eigenvalue weighted by Gasteiger charge is -2.20. The van der Waals surface area contributed by atoms with Crippen molar-refractivity contribution in [2.45, 2.75) is 6.54 Å². The van der Waals surface area contributed by atoms with Gasteiger partial charge in [-0.3, -0.25) is 4.79 Å². The summed E-state index contributed by atoms with van der Waals surface area (Å²) in [6.07, 6.45) is 0. The number of hydrogen-bond acceptors (Lipinski definition) is 3. The first-order valence-corrected chi connectivity index (χ1v) is 7.85. The molecule has 22 heavy (non-hydrogen) atoms. The fourth-order valence-electron chi connectivity index (χ4n) is 2.25. The van der Waals surface area contributed by atoms with E-state index < -0.39 is 0 Å². The molecule has 5 heteroatoms. The van der Waals surface area contributed by atoms with Crippen LogP contribution in [0.4, 0.5) is 0 Å². The van der Waals surface area contributed by atoms with Crippen molar-refractivity contribution in [3.63, 3.8) is 0 Å². The Balaban J connectivity index is 2.22. The second-order valence-electron chi connectivity index (χ2n) is 4.82. The first-order valence-electron chi connectivity index (χ1n) is 6.77. The van der Waals surface area contributed by atoms with Crippen LogP contribution < -0.4 is 9.47 Å². The summed E-state index contributed by atoms with van der Waals surface area (Å²) in [4.78, 5) is 14.2. The number of carbonyl (C=O) groups is 1. The second-order valence-corrected chi connectivity index (χ2v) is 6.07. The average molecular weight is 411 g/mol. The molecule has 0 fully saturated rings. The van der Waals surface area contributed by atoms with Crippen molar-refractivity contribution in [2.75, 3.05) is 21.3 Å². The van der Waals surface area contributed by atoms with Crippen molar-refractivity contribution >= 4 is 28.5 Å². The number of para-hydroxylation sites is 1. The highest BCUT2D eigenvalue weighted by atomic mass is 127. The van der Waals surface area contributed by atoms with Crippen molar-refractivity contribution in [2.24, 2.45) is 0 Å². The van der Waals surface area contributed by atoms with Gasteiger partial charge in [-0.25, -0.2) is 0 Å². The Morgan fingerprint density at radius 3 is 2.50 bits per heavy atom. The van der Waals surface area contributed by atoms with Gasteiger partial charge in [-0.1, -0.05) is 18.2 Å². The fraction of sp³-hybridized carbons (Fsp3) is 0.235. The molecule has 0 aliphatic heterocycles. The molecule has 2 rings (SSSR count). The number of carbonyl (C=O) groups excluding carboxylic acids is 1. The average Bonchev–Trinajstić information content (AvgIpc) is 2.53. The monoisotopic (exact) mass is 411 g/mol. The summed E-state index contributed by atoms with van der Waals surface area (Å²) < 4.78 is 11.7. The number of methoxy groups -OCH3 is 2. The molecule has 116 valence electrons. The van der Waals surface area contributed by atoms with Gasteiger partial charge in [0.05, 0.1) is 14.2 Å². The zero-order chi connectivity index (χ0) is 16.1. The normalized spacial score (nSPS) is 10.2. The highest BCUT2D eigenvalue weighted by Crippen LogP contribution is 2.31. The van der Waals surface area contributed by atoms with Crippen LogP contribution in [0.25, 0.3) is 0 Å². The highest BCUT2D eigenvalue weighted by molar-refractivity contribution is 14.1. The number of nitrogens with zero attached hydrogens (tertiary/aromatic N) is 1. The smallest absolute Gasteiger partial charge is 0.253 e. The van der Waals surface area contributed by atoms with E-state index >= 15 is 0 Å². The molecule has 0 aromatic heterocycles. The van der Waals surface area contributed by atoms with Crippen molar-refractivity contribution in [1.82, 2.24) is 4.90 Å². The van der Waals surface area contributed by atoms with Gasteiger partial charge in [0, 0.05) is 28.3 Å². The molecule has 0 radical (unpaired) electrons. The summed E-state index contributed by atoms with van der Waals surface area (Å²) in [5.41, 5.74) is 1.58. The van der Waals surface area contributed by atoms with Crippen LogP contribution in [0.3, 0.4) is 0 Å². The van der Waals surface area contributed by atoms with Crippen LogP contribution in [0.2, 0.25) is 0 Å². The minimum atomic E-state index is -0.0246. The Kier molecular flexibility index (Phi) is 5.65. The van der Waals surface area contributed by atoms with Crippen LogP contribution in [0.15, 0.2) is 42.5 Å². The third kappa shape index (κ3) is 3.71. The van der Waals surface area contributed by atoms with Crippen LogP contribution in [0.1, 0.15) is 15.9 Å². The van der Waals surface area contributed by atoms with Crippen molar-refractivity contribution in [3.05, 3.63) is 57.2 Å². The van der Waals surface area contributed by atoms with E-state index in [1.54, 1.807) is 26.2 Å². The molecule has 0 atom stereocenters. The molecule has 0 N–H and O–H groups in total. The zero-order valence-corrected chi connectivity index (χ0v) is 15.0. The molecule has 0 spiro atoms. The number of hydrogen-bond donors (Lipinski definition) is 0. The minimum absolute atomic E-state index is 0.0246. The minimum Gasteiger partial charge on any atom is -0.493 e. The molecule has 1 amide bonds. The van der Waals surface area contributed by atoms with E-state index in [4.69, 9.17) is 9.47 Å². The van der Waals surface area contributed by atoms with Crippen LogP contribution in [-0.2, 0) is 6.54 Å². The molecule has 0 bridgehead atoms. The van der Waals surface area contributed by atoms with Crippen LogP contribution in [-0.4, -0.2) is 32.1 Å². The molecule has 0 unspecified atom stereocenters. The van der Waals surface area contributed by atoms with Gasteiger partial charge in [-0.05, 0) is 46.9 Å². The summed E-state index contributed by atoms with van der Waals surface area (Å²) in [7, 11) is 4.98. The quantitative estimate of drug-likeness (QED) is 0.707. The van der Waals surface area contributed by atoms with E-state index in [0.717, 1.165) is 9.13 Å². The molecule has 2 aromatic rings. The fourth-order valence-corrected chi connectivity index (χ4v) is 2.79. The molecular weight excluding hydrogens is 393 g/mol. The lowest BCUT2D eigenvalue weighted by Crippen LogP contribution is -2.26. The van der Waals surface area contributed by atoms with E-state index in [1.807, 2.05) is 42.5 Å². The largest absolute Gasteiger partial charge is 0.493 e. The molecule has 0 aliphatic rings. The number of benzene rings is 2. The Morgan fingerprint density at radius 1 is 1.14 bits per heavy atom. The Labute approximate surface area is 144 Å². The van der Waals surface area contributed by atoms with Crippen LogP contribution in [0.5, 0.6) is 11.5 Å². The lowest BCUT2D eigenvalue weighted by atomic mass is 10.1. The van der Waals surface area contributed by atoms with Gasteiger partial charge in [0.1, 0.15) is 0 Å². The SMILES string of the molecule is COc1cccc(CN(C)C(=O)c2cccc(I)c2)c1OC. The molecule has 0 heterocycles. The molecular formula is C17H18INO3. The third-order valence-corrected chi connectivity index (χ3v) is 3.98. The number of rotatable bonds is 5. The number of amides is 1. The van der Waals surface area contributed by atoms with Gasteiger partial charge < -0.3 is 14.4 Å². The van der Waals surface area contributed by atoms with E-state index in [-0.39, 0.29) is 5.91 Å². The number of halogens is 1. The van der Waals surface area contributed by atoms with Gasteiger partial charge in [0.25, 0.3) is 5.91 Å². The molecule has 0 aliphatic carbocycles. The van der Waals surface area contributed by atoms with Crippen LogP contribution >= 0.6 is 22.6 Å². The second kappa shape index (κ2) is 7.49. The molecule has 2 aromatic carbocycles. The van der Waals surface area contributed by atoms with Crippen LogP contribution in [0, 0.1) is 3.57 Å². The first kappa shape index (κ1) is 16.6. The van der Waals surface area contributed by atoms with Gasteiger partial charge in [-0.15, -0.1) is 0 Å². The van der Waals surface area contributed by atoms with Gasteiger partial charge in [0.2, 0.25) is 0 Å². The van der Waals surface area contributed by atoms with E-state index in [1.165, 1.54) is 0 Å². The Hall–Kier alpha value is -1.76. The van der Waals surface area contributed by atoms with Crippen molar-refractivity contribution in [3.8, 4) is 11.5 Å². The predicted molar refractivity (Wildman–Crippen MR) is 94.5 cm³/mol. The van der Waals surface area contributed by atoms with E-state index in [2.05, 4.69) is 22.6 Å². The standard InChI is InChI=1S/C17H18INO3/c1-19(17(20)12-6-4-8-14(18)10-12)11-13-7-5-9-15(21-2)16(13)22-3/h4-10H,11H2,1-3H3. The Bertz CT molecular complexity index is 673.